The number of ether oxygens (including phenoxy) is 2. The Balaban J connectivity index is 3.21. The molecule has 0 radical (unpaired) electrons. The molecule has 1 aromatic rings. The number of allylic oxidation sites excluding steroid dienone is 1. The molecule has 3 nitrogen and oxygen atoms in total. The molecule has 0 aliphatic rings. The Labute approximate surface area is 112 Å². The quantitative estimate of drug-likeness (QED) is 0.582. The summed E-state index contributed by atoms with van der Waals surface area (Å²) < 4.78 is 10.7. The summed E-state index contributed by atoms with van der Waals surface area (Å²) in [5.74, 6) is 1.10. The van der Waals surface area contributed by atoms with Gasteiger partial charge in [0.2, 0.25) is 0 Å². The topological polar surface area (TPSA) is 35.5 Å². The van der Waals surface area contributed by atoms with Gasteiger partial charge in [-0.2, -0.15) is 0 Å². The first kappa shape index (κ1) is 14.6. The molecular formula is C14H17ClO3. The maximum absolute atomic E-state index is 10.8. The molecule has 0 N–H and O–H groups in total. The molecule has 1 rings (SSSR count). The number of hydrogen-bond acceptors (Lipinski definition) is 3. The van der Waals surface area contributed by atoms with Crippen LogP contribution in [0, 0.1) is 0 Å². The normalized spacial score (nSPS) is 11.2. The zero-order valence-electron chi connectivity index (χ0n) is 10.8. The van der Waals surface area contributed by atoms with Crippen LogP contribution in [0.1, 0.15) is 25.8 Å². The third-order valence-corrected chi connectivity index (χ3v) is 2.73. The first-order chi connectivity index (χ1) is 8.65. The molecule has 0 saturated carbocycles. The largest absolute Gasteiger partial charge is 0.493 e. The maximum atomic E-state index is 10.8. The van der Waals surface area contributed by atoms with E-state index in [-0.39, 0.29) is 0 Å². The van der Waals surface area contributed by atoms with Gasteiger partial charge in [-0.1, -0.05) is 18.5 Å². The average Bonchev–Trinajstić information content (AvgIpc) is 2.38. The van der Waals surface area contributed by atoms with Gasteiger partial charge >= 0.3 is 0 Å². The van der Waals surface area contributed by atoms with Crippen molar-refractivity contribution in [2.24, 2.45) is 0 Å². The molecule has 0 fully saturated rings. The number of rotatable bonds is 6. The van der Waals surface area contributed by atoms with E-state index in [9.17, 15) is 4.79 Å². The van der Waals surface area contributed by atoms with Gasteiger partial charge in [0.15, 0.2) is 11.5 Å². The molecule has 0 aromatic heterocycles. The summed E-state index contributed by atoms with van der Waals surface area (Å²) in [6.45, 7) is 4.32. The van der Waals surface area contributed by atoms with Gasteiger partial charge in [0.25, 0.3) is 0 Å². The van der Waals surface area contributed by atoms with Crippen LogP contribution in [0.5, 0.6) is 11.5 Å². The average molecular weight is 269 g/mol. The van der Waals surface area contributed by atoms with Crippen molar-refractivity contribution in [3.63, 3.8) is 0 Å². The second-order valence-electron chi connectivity index (χ2n) is 3.66. The third-order valence-electron chi connectivity index (χ3n) is 2.45. The van der Waals surface area contributed by atoms with Crippen molar-refractivity contribution in [3.8, 4) is 11.5 Å². The predicted molar refractivity (Wildman–Crippen MR) is 73.5 cm³/mol. The lowest BCUT2D eigenvalue weighted by molar-refractivity contribution is -0.104. The molecule has 0 amide bonds. The lowest BCUT2D eigenvalue weighted by atomic mass is 10.1. The monoisotopic (exact) mass is 268 g/mol. The number of aldehydes is 1. The zero-order chi connectivity index (χ0) is 13.5. The minimum absolute atomic E-state index is 0.476. The highest BCUT2D eigenvalue weighted by molar-refractivity contribution is 6.32. The summed E-state index contributed by atoms with van der Waals surface area (Å²) >= 11 is 6.14. The summed E-state index contributed by atoms with van der Waals surface area (Å²) in [6.07, 6.45) is 3.31. The Morgan fingerprint density at radius 1 is 1.39 bits per heavy atom. The fourth-order valence-electron chi connectivity index (χ4n) is 1.54. The van der Waals surface area contributed by atoms with E-state index in [2.05, 4.69) is 0 Å². The van der Waals surface area contributed by atoms with Crippen molar-refractivity contribution >= 4 is 24.0 Å². The Kier molecular flexibility index (Phi) is 5.72. The summed E-state index contributed by atoms with van der Waals surface area (Å²) in [5.41, 5.74) is 1.53. The first-order valence-corrected chi connectivity index (χ1v) is 6.20. The van der Waals surface area contributed by atoms with Gasteiger partial charge in [-0.3, -0.25) is 4.79 Å². The van der Waals surface area contributed by atoms with Gasteiger partial charge in [-0.25, -0.2) is 0 Å². The summed E-state index contributed by atoms with van der Waals surface area (Å²) in [5, 5.41) is 0.476. The zero-order valence-corrected chi connectivity index (χ0v) is 11.6. The number of benzene rings is 1. The van der Waals surface area contributed by atoms with E-state index < -0.39 is 0 Å². The van der Waals surface area contributed by atoms with Crippen LogP contribution in [0.4, 0.5) is 0 Å². The van der Waals surface area contributed by atoms with Crippen LogP contribution < -0.4 is 9.47 Å². The third kappa shape index (κ3) is 3.50. The van der Waals surface area contributed by atoms with Crippen LogP contribution in [0.25, 0.3) is 6.08 Å². The van der Waals surface area contributed by atoms with Crippen molar-refractivity contribution in [2.75, 3.05) is 13.7 Å². The summed E-state index contributed by atoms with van der Waals surface area (Å²) in [7, 11) is 1.56. The van der Waals surface area contributed by atoms with E-state index >= 15 is 0 Å². The number of methoxy groups -OCH3 is 1. The van der Waals surface area contributed by atoms with Crippen LogP contribution in [-0.2, 0) is 4.79 Å². The maximum Gasteiger partial charge on any atom is 0.179 e. The second kappa shape index (κ2) is 7.07. The molecule has 0 aliphatic carbocycles. The number of carbonyl (C=O) groups is 1. The molecule has 0 atom stereocenters. The molecule has 0 spiro atoms. The molecule has 18 heavy (non-hydrogen) atoms. The van der Waals surface area contributed by atoms with E-state index in [1.807, 2.05) is 13.8 Å². The molecule has 0 unspecified atom stereocenters. The fourth-order valence-corrected chi connectivity index (χ4v) is 1.81. The lowest BCUT2D eigenvalue weighted by Crippen LogP contribution is -1.97. The van der Waals surface area contributed by atoms with E-state index in [4.69, 9.17) is 21.1 Å². The first-order valence-electron chi connectivity index (χ1n) is 5.82. The molecule has 4 heteroatoms. The highest BCUT2D eigenvalue weighted by Gasteiger charge is 2.10. The van der Waals surface area contributed by atoms with Gasteiger partial charge in [0, 0.05) is 0 Å². The highest BCUT2D eigenvalue weighted by atomic mass is 35.5. The molecular weight excluding hydrogens is 252 g/mol. The van der Waals surface area contributed by atoms with Gasteiger partial charge in [0.1, 0.15) is 6.29 Å². The second-order valence-corrected chi connectivity index (χ2v) is 4.06. The van der Waals surface area contributed by atoms with E-state index in [1.165, 1.54) is 0 Å². The van der Waals surface area contributed by atoms with E-state index in [1.54, 1.807) is 25.3 Å². The molecule has 0 heterocycles. The minimum atomic E-state index is 0.476. The van der Waals surface area contributed by atoms with Crippen LogP contribution in [0.15, 0.2) is 17.7 Å². The van der Waals surface area contributed by atoms with E-state index in [0.717, 1.165) is 11.8 Å². The van der Waals surface area contributed by atoms with Crippen molar-refractivity contribution in [2.45, 2.75) is 20.3 Å². The Hall–Kier alpha value is -1.48. The Bertz CT molecular complexity index is 453. The SMILES string of the molecule is CCOc1c(Cl)cc(C=C(C=O)CC)cc1OC. The van der Waals surface area contributed by atoms with Crippen LogP contribution in [0.2, 0.25) is 5.02 Å². The minimum Gasteiger partial charge on any atom is -0.493 e. The Morgan fingerprint density at radius 2 is 2.11 bits per heavy atom. The van der Waals surface area contributed by atoms with Crippen molar-refractivity contribution in [1.29, 1.82) is 0 Å². The predicted octanol–water partition coefficient (Wildman–Crippen LogP) is 3.74. The van der Waals surface area contributed by atoms with Gasteiger partial charge in [-0.05, 0) is 42.7 Å². The van der Waals surface area contributed by atoms with Gasteiger partial charge < -0.3 is 9.47 Å². The molecule has 0 aliphatic heterocycles. The molecule has 0 bridgehead atoms. The van der Waals surface area contributed by atoms with Crippen molar-refractivity contribution in [1.82, 2.24) is 0 Å². The van der Waals surface area contributed by atoms with Crippen LogP contribution in [0.3, 0.4) is 0 Å². The van der Waals surface area contributed by atoms with Gasteiger partial charge in [-0.15, -0.1) is 0 Å². The number of halogens is 1. The molecule has 98 valence electrons. The highest BCUT2D eigenvalue weighted by Crippen LogP contribution is 2.36. The fraction of sp³-hybridized carbons (Fsp3) is 0.357. The van der Waals surface area contributed by atoms with E-state index in [0.29, 0.717) is 35.1 Å². The van der Waals surface area contributed by atoms with Crippen molar-refractivity contribution in [3.05, 3.63) is 28.3 Å². The lowest BCUT2D eigenvalue weighted by Gasteiger charge is -2.12. The molecule has 0 saturated heterocycles. The summed E-state index contributed by atoms with van der Waals surface area (Å²) in [6, 6.07) is 3.56. The number of carbonyl (C=O) groups excluding carboxylic acids is 1. The number of hydrogen-bond donors (Lipinski definition) is 0. The standard InChI is InChI=1S/C14H17ClO3/c1-4-10(9-16)6-11-7-12(15)14(18-5-2)13(8-11)17-3/h6-9H,4-5H2,1-3H3. The van der Waals surface area contributed by atoms with Gasteiger partial charge in [0.05, 0.1) is 18.7 Å². The van der Waals surface area contributed by atoms with Crippen LogP contribution >= 0.6 is 11.6 Å². The summed E-state index contributed by atoms with van der Waals surface area (Å²) in [4.78, 5) is 10.8. The molecule has 1 aromatic carbocycles. The van der Waals surface area contributed by atoms with Crippen LogP contribution in [-0.4, -0.2) is 20.0 Å². The smallest absolute Gasteiger partial charge is 0.179 e. The Morgan fingerprint density at radius 3 is 2.61 bits per heavy atom. The van der Waals surface area contributed by atoms with Crippen molar-refractivity contribution < 1.29 is 14.3 Å².